The zero-order valence-corrected chi connectivity index (χ0v) is 6.35. The summed E-state index contributed by atoms with van der Waals surface area (Å²) in [7, 11) is 0. The Kier molecular flexibility index (Phi) is 2.96. The second-order valence-electron chi connectivity index (χ2n) is 1.88. The van der Waals surface area contributed by atoms with Crippen molar-refractivity contribution in [3.8, 4) is 0 Å². The van der Waals surface area contributed by atoms with Crippen molar-refractivity contribution in [3.05, 3.63) is 29.4 Å². The lowest BCUT2D eigenvalue weighted by Gasteiger charge is -1.96. The fourth-order valence-corrected chi connectivity index (χ4v) is 0.603. The van der Waals surface area contributed by atoms with Gasteiger partial charge in [-0.05, 0) is 18.6 Å². The predicted octanol–water partition coefficient (Wildman–Crippen LogP) is 0.935. The Labute approximate surface area is 64.8 Å². The third-order valence-electron chi connectivity index (χ3n) is 1.18. The van der Waals surface area contributed by atoms with Crippen LogP contribution in [0.2, 0.25) is 0 Å². The van der Waals surface area contributed by atoms with E-state index in [0.717, 1.165) is 10.3 Å². The smallest absolute Gasteiger partial charge is 0.163 e. The van der Waals surface area contributed by atoms with Crippen LogP contribution in [0.5, 0.6) is 0 Å². The quantitative estimate of drug-likeness (QED) is 0.546. The Morgan fingerprint density at radius 2 is 2.20 bits per heavy atom. The van der Waals surface area contributed by atoms with Crippen LogP contribution >= 0.6 is 12.4 Å². The van der Waals surface area contributed by atoms with Crippen molar-refractivity contribution in [1.82, 2.24) is 4.73 Å². The van der Waals surface area contributed by atoms with Gasteiger partial charge < -0.3 is 5.21 Å². The van der Waals surface area contributed by atoms with Gasteiger partial charge in [0.15, 0.2) is 5.49 Å². The molecule has 0 unspecified atom stereocenters. The van der Waals surface area contributed by atoms with Crippen LogP contribution in [0.25, 0.3) is 0 Å². The summed E-state index contributed by atoms with van der Waals surface area (Å²) >= 11 is 0. The molecule has 1 aromatic rings. The van der Waals surface area contributed by atoms with E-state index in [0.29, 0.717) is 0 Å². The summed E-state index contributed by atoms with van der Waals surface area (Å²) in [6, 6.07) is 3.46. The molecule has 3 nitrogen and oxygen atoms in total. The van der Waals surface area contributed by atoms with Gasteiger partial charge in [-0.25, -0.2) is 0 Å². The molecule has 0 radical (unpaired) electrons. The molecule has 0 spiro atoms. The molecule has 0 aliphatic carbocycles. The number of halogens is 1. The van der Waals surface area contributed by atoms with E-state index in [1.807, 2.05) is 0 Å². The molecule has 0 amide bonds. The predicted molar refractivity (Wildman–Crippen MR) is 39.5 cm³/mol. The van der Waals surface area contributed by atoms with E-state index >= 15 is 0 Å². The summed E-state index contributed by atoms with van der Waals surface area (Å²) < 4.78 is 0.787. The Morgan fingerprint density at radius 1 is 1.60 bits per heavy atom. The summed E-state index contributed by atoms with van der Waals surface area (Å²) in [5, 5.41) is 16.0. The number of nitrogens with one attached hydrogen (secondary N) is 1. The molecule has 0 aliphatic rings. The van der Waals surface area contributed by atoms with E-state index in [2.05, 4.69) is 0 Å². The molecule has 0 aromatic carbocycles. The summed E-state index contributed by atoms with van der Waals surface area (Å²) in [5.74, 6) is 0. The summed E-state index contributed by atoms with van der Waals surface area (Å²) in [6.07, 6.45) is 1.43. The lowest BCUT2D eigenvalue weighted by molar-refractivity contribution is 0.169. The van der Waals surface area contributed by atoms with Crippen molar-refractivity contribution in [1.29, 1.82) is 5.41 Å². The van der Waals surface area contributed by atoms with Crippen LogP contribution in [0.1, 0.15) is 5.56 Å². The highest BCUT2D eigenvalue weighted by molar-refractivity contribution is 5.85. The van der Waals surface area contributed by atoms with Crippen LogP contribution in [-0.4, -0.2) is 9.94 Å². The maximum Gasteiger partial charge on any atom is 0.163 e. The summed E-state index contributed by atoms with van der Waals surface area (Å²) in [6.45, 7) is 1.77. The van der Waals surface area contributed by atoms with Gasteiger partial charge in [0.05, 0.1) is 0 Å². The van der Waals surface area contributed by atoms with Crippen molar-refractivity contribution in [2.45, 2.75) is 6.92 Å². The Bertz CT molecular complexity index is 245. The molecule has 1 rings (SSSR count). The van der Waals surface area contributed by atoms with E-state index in [-0.39, 0.29) is 17.9 Å². The van der Waals surface area contributed by atoms with Crippen LogP contribution in [0, 0.1) is 12.3 Å². The first-order valence-corrected chi connectivity index (χ1v) is 2.64. The Morgan fingerprint density at radius 3 is 2.60 bits per heavy atom. The molecule has 0 saturated heterocycles. The van der Waals surface area contributed by atoms with Gasteiger partial charge in [0.2, 0.25) is 0 Å². The first-order chi connectivity index (χ1) is 4.22. The highest BCUT2D eigenvalue weighted by Gasteiger charge is 1.88. The van der Waals surface area contributed by atoms with Crippen LogP contribution in [0.3, 0.4) is 0 Å². The normalized spacial score (nSPS) is 8.50. The molecule has 0 aliphatic heterocycles. The van der Waals surface area contributed by atoms with Gasteiger partial charge in [-0.15, -0.1) is 12.4 Å². The second-order valence-corrected chi connectivity index (χ2v) is 1.88. The zero-order chi connectivity index (χ0) is 6.85. The molecular weight excluding hydrogens is 152 g/mol. The third kappa shape index (κ3) is 1.51. The number of hydrogen-bond acceptors (Lipinski definition) is 2. The molecule has 4 heteroatoms. The van der Waals surface area contributed by atoms with Crippen molar-refractivity contribution >= 4 is 12.4 Å². The number of aromatic nitrogens is 1. The molecule has 2 N–H and O–H groups in total. The van der Waals surface area contributed by atoms with Crippen LogP contribution in [0.15, 0.2) is 18.3 Å². The average Bonchev–Trinajstić information content (AvgIpc) is 1.83. The molecule has 10 heavy (non-hydrogen) atoms. The molecular formula is C6H9ClN2O. The van der Waals surface area contributed by atoms with Gasteiger partial charge >= 0.3 is 0 Å². The summed E-state index contributed by atoms with van der Waals surface area (Å²) in [5.41, 5.74) is 0.900. The molecule has 56 valence electrons. The molecule has 0 saturated carbocycles. The van der Waals surface area contributed by atoms with E-state index in [9.17, 15) is 0 Å². The fraction of sp³-hybridized carbons (Fsp3) is 0.167. The minimum absolute atomic E-state index is 0. The maximum atomic E-state index is 8.83. The molecule has 0 bridgehead atoms. The Balaban J connectivity index is 0.000000810. The van der Waals surface area contributed by atoms with Crippen molar-refractivity contribution in [2.75, 3.05) is 0 Å². The maximum absolute atomic E-state index is 8.83. The highest BCUT2D eigenvalue weighted by Crippen LogP contribution is 1.84. The monoisotopic (exact) mass is 160 g/mol. The van der Waals surface area contributed by atoms with E-state index in [1.54, 1.807) is 19.1 Å². The number of nitrogens with zero attached hydrogens (tertiary/aromatic N) is 1. The third-order valence-corrected chi connectivity index (χ3v) is 1.18. The van der Waals surface area contributed by atoms with E-state index in [4.69, 9.17) is 10.6 Å². The molecule has 1 aromatic heterocycles. The van der Waals surface area contributed by atoms with Crippen LogP contribution in [-0.2, 0) is 0 Å². The zero-order valence-electron chi connectivity index (χ0n) is 5.53. The number of rotatable bonds is 0. The van der Waals surface area contributed by atoms with Crippen molar-refractivity contribution in [3.63, 3.8) is 0 Å². The molecule has 1 heterocycles. The first-order valence-electron chi connectivity index (χ1n) is 2.64. The second kappa shape index (κ2) is 3.27. The lowest BCUT2D eigenvalue weighted by atomic mass is 10.3. The number of aryl methyl sites for hydroxylation is 1. The largest absolute Gasteiger partial charge is 0.427 e. The number of pyridine rings is 1. The van der Waals surface area contributed by atoms with Crippen molar-refractivity contribution < 1.29 is 5.21 Å². The van der Waals surface area contributed by atoms with Gasteiger partial charge in [-0.2, -0.15) is 4.73 Å². The minimum Gasteiger partial charge on any atom is -0.427 e. The molecule has 0 atom stereocenters. The van der Waals surface area contributed by atoms with E-state index in [1.165, 1.54) is 6.20 Å². The first kappa shape index (κ1) is 9.04. The topological polar surface area (TPSA) is 49.0 Å². The fourth-order valence-electron chi connectivity index (χ4n) is 0.603. The minimum atomic E-state index is 0. The van der Waals surface area contributed by atoms with Crippen molar-refractivity contribution in [2.24, 2.45) is 0 Å². The average molecular weight is 161 g/mol. The Hall–Kier alpha value is -0.960. The van der Waals surface area contributed by atoms with Crippen LogP contribution in [0.4, 0.5) is 0 Å². The van der Waals surface area contributed by atoms with Gasteiger partial charge in [0, 0.05) is 6.20 Å². The van der Waals surface area contributed by atoms with Gasteiger partial charge in [-0.1, -0.05) is 6.07 Å². The van der Waals surface area contributed by atoms with E-state index < -0.39 is 0 Å². The van der Waals surface area contributed by atoms with Crippen LogP contribution < -0.4 is 5.49 Å². The summed E-state index contributed by atoms with van der Waals surface area (Å²) in [4.78, 5) is 0. The lowest BCUT2D eigenvalue weighted by Crippen LogP contribution is -2.18. The standard InChI is InChI=1S/C6H8N2O.ClH/c1-5-3-2-4-8(9)6(5)7;/h2-4,7,9H,1H3;1H. The highest BCUT2D eigenvalue weighted by atomic mass is 35.5. The van der Waals surface area contributed by atoms with Gasteiger partial charge in [0.25, 0.3) is 0 Å². The SMILES string of the molecule is Cc1cccn(O)c1=N.Cl. The van der Waals surface area contributed by atoms with Gasteiger partial charge in [0.1, 0.15) is 0 Å². The number of hydrogen-bond donors (Lipinski definition) is 2. The molecule has 0 fully saturated rings. The van der Waals surface area contributed by atoms with Gasteiger partial charge in [-0.3, -0.25) is 5.41 Å².